The van der Waals surface area contributed by atoms with Gasteiger partial charge in [0.1, 0.15) is 0 Å². The van der Waals surface area contributed by atoms with E-state index in [4.69, 9.17) is 0 Å². The first kappa shape index (κ1) is 15.2. The number of hydrogen-bond acceptors (Lipinski definition) is 3. The van der Waals surface area contributed by atoms with Crippen molar-refractivity contribution in [3.05, 3.63) is 12.2 Å². The molecule has 0 aromatic heterocycles. The molecular weight excluding hydrogens is 252 g/mol. The van der Waals surface area contributed by atoms with Crippen LogP contribution in [0.2, 0.25) is 0 Å². The molecule has 1 rings (SSSR count). The van der Waals surface area contributed by atoms with Crippen molar-refractivity contribution in [2.24, 2.45) is 5.92 Å². The van der Waals surface area contributed by atoms with Crippen LogP contribution in [0.3, 0.4) is 0 Å². The first-order chi connectivity index (χ1) is 8.39. The largest absolute Gasteiger partial charge is 0.356 e. The zero-order valence-electron chi connectivity index (χ0n) is 11.1. The molecule has 0 aromatic rings. The van der Waals surface area contributed by atoms with Crippen LogP contribution in [0, 0.1) is 5.92 Å². The maximum Gasteiger partial charge on any atom is 0.220 e. The number of sulfonamides is 1. The summed E-state index contributed by atoms with van der Waals surface area (Å²) in [6.07, 6.45) is 8.68. The fourth-order valence-corrected chi connectivity index (χ4v) is 2.33. The number of rotatable bonds is 7. The Bertz CT molecular complexity index is 404. The van der Waals surface area contributed by atoms with Crippen molar-refractivity contribution >= 4 is 15.9 Å². The second kappa shape index (κ2) is 6.89. The maximum atomic E-state index is 11.6. The lowest BCUT2D eigenvalue weighted by atomic mass is 10.1. The lowest BCUT2D eigenvalue weighted by molar-refractivity contribution is -0.121. The van der Waals surface area contributed by atoms with Crippen LogP contribution in [-0.2, 0) is 14.8 Å². The molecule has 1 N–H and O–H groups in total. The van der Waals surface area contributed by atoms with Crippen molar-refractivity contribution in [2.75, 3.05) is 26.4 Å². The Labute approximate surface area is 109 Å². The molecule has 6 heteroatoms. The Morgan fingerprint density at radius 3 is 2.78 bits per heavy atom. The highest BCUT2D eigenvalue weighted by molar-refractivity contribution is 7.88. The fourth-order valence-electron chi connectivity index (χ4n) is 1.87. The van der Waals surface area contributed by atoms with Crippen LogP contribution in [0.4, 0.5) is 0 Å². The van der Waals surface area contributed by atoms with E-state index in [1.165, 1.54) is 10.6 Å². The molecular formula is C12H22N2O3S. The van der Waals surface area contributed by atoms with Crippen LogP contribution >= 0.6 is 0 Å². The van der Waals surface area contributed by atoms with Crippen molar-refractivity contribution in [3.8, 4) is 0 Å². The average molecular weight is 274 g/mol. The van der Waals surface area contributed by atoms with Crippen LogP contribution in [0.1, 0.15) is 25.7 Å². The number of carbonyl (C=O) groups is 1. The standard InChI is InChI=1S/C12H22N2O3S/c1-14(18(2,16)17)9-5-8-13-12(15)10-11-6-3-4-7-11/h3,6,11H,4-5,7-10H2,1-2H3,(H,13,15)/t11-/m1/s1. The Kier molecular flexibility index (Phi) is 5.81. The molecule has 1 aliphatic rings. The van der Waals surface area contributed by atoms with Crippen LogP contribution in [0.25, 0.3) is 0 Å². The highest BCUT2D eigenvalue weighted by atomic mass is 32.2. The molecule has 1 aliphatic carbocycles. The molecule has 0 saturated heterocycles. The predicted molar refractivity (Wildman–Crippen MR) is 71.6 cm³/mol. The van der Waals surface area contributed by atoms with Gasteiger partial charge in [-0.25, -0.2) is 12.7 Å². The van der Waals surface area contributed by atoms with Gasteiger partial charge in [-0.1, -0.05) is 12.2 Å². The second-order valence-corrected chi connectivity index (χ2v) is 6.85. The van der Waals surface area contributed by atoms with Gasteiger partial charge in [0.05, 0.1) is 6.26 Å². The molecule has 5 nitrogen and oxygen atoms in total. The van der Waals surface area contributed by atoms with Crippen molar-refractivity contribution in [3.63, 3.8) is 0 Å². The van der Waals surface area contributed by atoms with Gasteiger partial charge in [0.15, 0.2) is 0 Å². The number of amides is 1. The van der Waals surface area contributed by atoms with Gasteiger partial charge >= 0.3 is 0 Å². The highest BCUT2D eigenvalue weighted by Gasteiger charge is 2.14. The molecule has 0 heterocycles. The second-order valence-electron chi connectivity index (χ2n) is 4.76. The first-order valence-electron chi connectivity index (χ1n) is 6.24. The third kappa shape index (κ3) is 5.64. The molecule has 0 aliphatic heterocycles. The Morgan fingerprint density at radius 2 is 2.22 bits per heavy atom. The molecule has 1 atom stereocenters. The average Bonchev–Trinajstić information content (AvgIpc) is 2.75. The summed E-state index contributed by atoms with van der Waals surface area (Å²) < 4.78 is 23.5. The Morgan fingerprint density at radius 1 is 1.50 bits per heavy atom. The lowest BCUT2D eigenvalue weighted by Crippen LogP contribution is -2.31. The number of carbonyl (C=O) groups excluding carboxylic acids is 1. The van der Waals surface area contributed by atoms with E-state index >= 15 is 0 Å². The van der Waals surface area contributed by atoms with Crippen LogP contribution in [-0.4, -0.2) is 45.0 Å². The van der Waals surface area contributed by atoms with E-state index in [2.05, 4.69) is 17.5 Å². The smallest absolute Gasteiger partial charge is 0.220 e. The number of nitrogens with zero attached hydrogens (tertiary/aromatic N) is 1. The molecule has 0 fully saturated rings. The van der Waals surface area contributed by atoms with Crippen LogP contribution in [0.15, 0.2) is 12.2 Å². The summed E-state index contributed by atoms with van der Waals surface area (Å²) in [5, 5.41) is 2.82. The van der Waals surface area contributed by atoms with Crippen molar-refractivity contribution in [1.29, 1.82) is 0 Å². The van der Waals surface area contributed by atoms with E-state index in [1.807, 2.05) is 0 Å². The summed E-state index contributed by atoms with van der Waals surface area (Å²) in [7, 11) is -1.57. The monoisotopic (exact) mass is 274 g/mol. The molecule has 0 saturated carbocycles. The van der Waals surface area contributed by atoms with E-state index in [0.717, 1.165) is 12.8 Å². The predicted octanol–water partition coefficient (Wildman–Crippen LogP) is 0.740. The van der Waals surface area contributed by atoms with E-state index in [9.17, 15) is 13.2 Å². The normalized spacial score (nSPS) is 19.4. The summed E-state index contributed by atoms with van der Waals surface area (Å²) in [6.45, 7) is 0.956. The minimum absolute atomic E-state index is 0.0496. The van der Waals surface area contributed by atoms with Gasteiger partial charge in [-0.3, -0.25) is 4.79 Å². The molecule has 1 amide bonds. The topological polar surface area (TPSA) is 66.5 Å². The van der Waals surface area contributed by atoms with E-state index in [1.54, 1.807) is 7.05 Å². The van der Waals surface area contributed by atoms with E-state index < -0.39 is 10.0 Å². The minimum Gasteiger partial charge on any atom is -0.356 e. The molecule has 0 aromatic carbocycles. The number of nitrogens with one attached hydrogen (secondary N) is 1. The van der Waals surface area contributed by atoms with Gasteiger partial charge in [-0.05, 0) is 25.2 Å². The zero-order chi connectivity index (χ0) is 13.6. The van der Waals surface area contributed by atoms with Crippen LogP contribution < -0.4 is 5.32 Å². The quantitative estimate of drug-likeness (QED) is 0.550. The molecule has 0 unspecified atom stereocenters. The Hall–Kier alpha value is -0.880. The van der Waals surface area contributed by atoms with Gasteiger partial charge < -0.3 is 5.32 Å². The van der Waals surface area contributed by atoms with Gasteiger partial charge in [0, 0.05) is 26.6 Å². The van der Waals surface area contributed by atoms with Crippen molar-refractivity contribution < 1.29 is 13.2 Å². The molecule has 0 bridgehead atoms. The van der Waals surface area contributed by atoms with E-state index in [-0.39, 0.29) is 5.91 Å². The minimum atomic E-state index is -3.11. The number of allylic oxidation sites excluding steroid dienone is 2. The third-order valence-corrected chi connectivity index (χ3v) is 4.41. The Balaban J connectivity index is 2.10. The summed E-state index contributed by atoms with van der Waals surface area (Å²) in [5.41, 5.74) is 0. The highest BCUT2D eigenvalue weighted by Crippen LogP contribution is 2.19. The molecule has 0 radical (unpaired) electrons. The summed E-state index contributed by atoms with van der Waals surface area (Å²) in [5.74, 6) is 0.428. The zero-order valence-corrected chi connectivity index (χ0v) is 11.9. The summed E-state index contributed by atoms with van der Waals surface area (Å²) in [4.78, 5) is 11.6. The summed E-state index contributed by atoms with van der Waals surface area (Å²) in [6, 6.07) is 0. The van der Waals surface area contributed by atoms with Crippen LogP contribution in [0.5, 0.6) is 0 Å². The van der Waals surface area contributed by atoms with Crippen molar-refractivity contribution in [2.45, 2.75) is 25.7 Å². The van der Waals surface area contributed by atoms with Crippen molar-refractivity contribution in [1.82, 2.24) is 9.62 Å². The van der Waals surface area contributed by atoms with Gasteiger partial charge in [-0.2, -0.15) is 0 Å². The van der Waals surface area contributed by atoms with E-state index in [0.29, 0.717) is 31.8 Å². The first-order valence-corrected chi connectivity index (χ1v) is 8.09. The SMILES string of the molecule is CN(CCCNC(=O)C[C@@H]1C=CCC1)S(C)(=O)=O. The third-order valence-electron chi connectivity index (χ3n) is 3.10. The molecule has 0 spiro atoms. The summed E-state index contributed by atoms with van der Waals surface area (Å²) >= 11 is 0. The van der Waals surface area contributed by atoms with Gasteiger partial charge in [0.2, 0.25) is 15.9 Å². The molecule has 104 valence electrons. The number of hydrogen-bond donors (Lipinski definition) is 1. The van der Waals surface area contributed by atoms with Gasteiger partial charge in [0.25, 0.3) is 0 Å². The van der Waals surface area contributed by atoms with Gasteiger partial charge in [-0.15, -0.1) is 0 Å². The maximum absolute atomic E-state index is 11.6. The molecule has 18 heavy (non-hydrogen) atoms. The fraction of sp³-hybridized carbons (Fsp3) is 0.750. The lowest BCUT2D eigenvalue weighted by Gasteiger charge is -2.14.